The number of thioether (sulfide) groups is 1. The molecule has 5 nitrogen and oxygen atoms in total. The first-order valence-corrected chi connectivity index (χ1v) is 11.0. The molecule has 0 atom stereocenters. The fourth-order valence-corrected chi connectivity index (χ4v) is 4.95. The summed E-state index contributed by atoms with van der Waals surface area (Å²) in [7, 11) is 0. The largest absolute Gasteiger partial charge is 0.481 e. The molecule has 0 fully saturated rings. The molecule has 3 rings (SSSR count). The summed E-state index contributed by atoms with van der Waals surface area (Å²) in [5.41, 5.74) is 3.14. The van der Waals surface area contributed by atoms with Gasteiger partial charge >= 0.3 is 5.97 Å². The summed E-state index contributed by atoms with van der Waals surface area (Å²) in [4.78, 5) is 32.6. The summed E-state index contributed by atoms with van der Waals surface area (Å²) in [5, 5.41) is 9.88. The van der Waals surface area contributed by atoms with E-state index in [0.717, 1.165) is 20.8 Å². The van der Waals surface area contributed by atoms with Gasteiger partial charge in [-0.3, -0.25) is 9.59 Å². The third-order valence-corrected chi connectivity index (χ3v) is 6.49. The molecule has 2 heterocycles. The normalized spacial score (nSPS) is 11.9. The number of nitrogens with zero attached hydrogens (tertiary/aromatic N) is 1. The van der Waals surface area contributed by atoms with Crippen LogP contribution in [0, 0.1) is 6.92 Å². The molecule has 0 saturated carbocycles. The van der Waals surface area contributed by atoms with Crippen LogP contribution in [0.15, 0.2) is 34.2 Å². The Labute approximate surface area is 172 Å². The van der Waals surface area contributed by atoms with Gasteiger partial charge in [-0.15, -0.1) is 11.3 Å². The molecule has 0 aliphatic rings. The highest BCUT2D eigenvalue weighted by Crippen LogP contribution is 2.37. The molecule has 0 bridgehead atoms. The fraction of sp³-hybridized carbons (Fsp3) is 0.381. The molecule has 0 spiro atoms. The Hall–Kier alpha value is -2.12. The van der Waals surface area contributed by atoms with Gasteiger partial charge in [-0.05, 0) is 29.9 Å². The number of hydrogen-bond donors (Lipinski definition) is 2. The first-order chi connectivity index (χ1) is 13.2. The molecule has 0 aliphatic carbocycles. The molecule has 0 amide bonds. The number of hydrogen-bond acceptors (Lipinski definition) is 5. The van der Waals surface area contributed by atoms with Crippen molar-refractivity contribution in [1.82, 2.24) is 9.97 Å². The van der Waals surface area contributed by atoms with Gasteiger partial charge < -0.3 is 10.1 Å². The topological polar surface area (TPSA) is 83.0 Å². The number of thiophene rings is 1. The van der Waals surface area contributed by atoms with E-state index >= 15 is 0 Å². The van der Waals surface area contributed by atoms with Gasteiger partial charge in [0, 0.05) is 22.6 Å². The summed E-state index contributed by atoms with van der Waals surface area (Å²) in [6.07, 6.45) is 0.656. The molecular formula is C21H24N2O3S2. The van der Waals surface area contributed by atoms with E-state index in [1.165, 1.54) is 28.7 Å². The number of fused-ring (bicyclic) bond motifs is 1. The zero-order valence-corrected chi connectivity index (χ0v) is 18.1. The van der Waals surface area contributed by atoms with Crippen molar-refractivity contribution in [2.24, 2.45) is 0 Å². The highest BCUT2D eigenvalue weighted by atomic mass is 32.2. The van der Waals surface area contributed by atoms with Crippen LogP contribution < -0.4 is 5.56 Å². The van der Waals surface area contributed by atoms with Crippen LogP contribution in [-0.2, 0) is 10.2 Å². The van der Waals surface area contributed by atoms with Crippen LogP contribution in [-0.4, -0.2) is 26.8 Å². The lowest BCUT2D eigenvalue weighted by Gasteiger charge is -2.19. The zero-order chi connectivity index (χ0) is 20.5. The van der Waals surface area contributed by atoms with Gasteiger partial charge in [-0.25, -0.2) is 4.98 Å². The number of carboxylic acid groups (broad SMARTS) is 1. The fourth-order valence-electron chi connectivity index (χ4n) is 3.04. The van der Waals surface area contributed by atoms with Crippen molar-refractivity contribution in [3.63, 3.8) is 0 Å². The molecule has 2 N–H and O–H groups in total. The highest BCUT2D eigenvalue weighted by molar-refractivity contribution is 7.99. The van der Waals surface area contributed by atoms with Crippen LogP contribution in [0.5, 0.6) is 0 Å². The number of rotatable bonds is 6. The number of aliphatic carboxylic acids is 1. The Bertz CT molecular complexity index is 1060. The van der Waals surface area contributed by atoms with Crippen LogP contribution in [0.3, 0.4) is 0 Å². The Balaban J connectivity index is 1.93. The number of aromatic nitrogens is 2. The Morgan fingerprint density at radius 2 is 1.93 bits per heavy atom. The van der Waals surface area contributed by atoms with Gasteiger partial charge in [0.1, 0.15) is 4.83 Å². The second kappa shape index (κ2) is 8.09. The summed E-state index contributed by atoms with van der Waals surface area (Å²) < 4.78 is 0. The van der Waals surface area contributed by atoms with Gasteiger partial charge in [0.05, 0.1) is 5.39 Å². The minimum atomic E-state index is -0.812. The van der Waals surface area contributed by atoms with Crippen LogP contribution in [0.4, 0.5) is 0 Å². The van der Waals surface area contributed by atoms with E-state index in [2.05, 4.69) is 55.0 Å². The number of benzene rings is 1. The van der Waals surface area contributed by atoms with Crippen molar-refractivity contribution < 1.29 is 9.90 Å². The molecule has 28 heavy (non-hydrogen) atoms. The SMILES string of the molecule is Cc1sc2nc(SCCCC(=O)O)[nH]c(=O)c2c1-c1ccc(C(C)(C)C)cc1. The van der Waals surface area contributed by atoms with Crippen LogP contribution in [0.25, 0.3) is 21.3 Å². The molecule has 0 aliphatic heterocycles. The molecular weight excluding hydrogens is 392 g/mol. The van der Waals surface area contributed by atoms with Crippen LogP contribution >= 0.6 is 23.1 Å². The predicted octanol–water partition coefficient (Wildman–Crippen LogP) is 5.21. The quantitative estimate of drug-likeness (QED) is 0.327. The van der Waals surface area contributed by atoms with Crippen LogP contribution in [0.1, 0.15) is 44.1 Å². The summed E-state index contributed by atoms with van der Waals surface area (Å²) in [6, 6.07) is 8.38. The zero-order valence-electron chi connectivity index (χ0n) is 16.5. The molecule has 0 radical (unpaired) electrons. The monoisotopic (exact) mass is 416 g/mol. The van der Waals surface area contributed by atoms with Gasteiger partial charge in [-0.1, -0.05) is 56.8 Å². The summed E-state index contributed by atoms with van der Waals surface area (Å²) >= 11 is 2.90. The lowest BCUT2D eigenvalue weighted by atomic mass is 9.86. The number of aryl methyl sites for hydroxylation is 1. The van der Waals surface area contributed by atoms with Crippen molar-refractivity contribution in [2.45, 2.75) is 51.1 Å². The Morgan fingerprint density at radius 3 is 2.54 bits per heavy atom. The van der Waals surface area contributed by atoms with E-state index in [0.29, 0.717) is 22.7 Å². The number of carbonyl (C=O) groups is 1. The smallest absolute Gasteiger partial charge is 0.303 e. The van der Waals surface area contributed by atoms with Crippen molar-refractivity contribution >= 4 is 39.3 Å². The van der Waals surface area contributed by atoms with Crippen molar-refractivity contribution in [2.75, 3.05) is 5.75 Å². The van der Waals surface area contributed by atoms with E-state index < -0.39 is 5.97 Å². The number of nitrogens with one attached hydrogen (secondary N) is 1. The molecule has 0 saturated heterocycles. The molecule has 0 unspecified atom stereocenters. The van der Waals surface area contributed by atoms with E-state index in [9.17, 15) is 9.59 Å². The van der Waals surface area contributed by atoms with Crippen LogP contribution in [0.2, 0.25) is 0 Å². The minimum absolute atomic E-state index is 0.0794. The third-order valence-electron chi connectivity index (χ3n) is 4.53. The van der Waals surface area contributed by atoms with Gasteiger partial charge in [-0.2, -0.15) is 0 Å². The maximum Gasteiger partial charge on any atom is 0.303 e. The second-order valence-corrected chi connectivity index (χ2v) is 10.0. The second-order valence-electron chi connectivity index (χ2n) is 7.76. The number of carboxylic acids is 1. The Kier molecular flexibility index (Phi) is 5.95. The number of aromatic amines is 1. The maximum atomic E-state index is 12.8. The minimum Gasteiger partial charge on any atom is -0.481 e. The van der Waals surface area contributed by atoms with Crippen molar-refractivity contribution in [1.29, 1.82) is 0 Å². The van der Waals surface area contributed by atoms with Gasteiger partial charge in [0.2, 0.25) is 0 Å². The molecule has 148 valence electrons. The lowest BCUT2D eigenvalue weighted by Crippen LogP contribution is -2.11. The van der Waals surface area contributed by atoms with Crippen molar-refractivity contribution in [3.8, 4) is 11.1 Å². The molecule has 1 aromatic carbocycles. The molecule has 7 heteroatoms. The predicted molar refractivity (Wildman–Crippen MR) is 117 cm³/mol. The first kappa shape index (κ1) is 20.6. The lowest BCUT2D eigenvalue weighted by molar-refractivity contribution is -0.137. The highest BCUT2D eigenvalue weighted by Gasteiger charge is 2.18. The maximum absolute atomic E-state index is 12.8. The van der Waals surface area contributed by atoms with Crippen molar-refractivity contribution in [3.05, 3.63) is 45.1 Å². The summed E-state index contributed by atoms with van der Waals surface area (Å²) in [5.74, 6) is -0.208. The van der Waals surface area contributed by atoms with E-state index in [-0.39, 0.29) is 17.4 Å². The summed E-state index contributed by atoms with van der Waals surface area (Å²) in [6.45, 7) is 8.55. The van der Waals surface area contributed by atoms with E-state index in [1.807, 2.05) is 6.92 Å². The molecule has 3 aromatic rings. The number of H-pyrrole nitrogens is 1. The van der Waals surface area contributed by atoms with Gasteiger partial charge in [0.15, 0.2) is 5.16 Å². The third kappa shape index (κ3) is 4.47. The Morgan fingerprint density at radius 1 is 1.25 bits per heavy atom. The molecule has 2 aromatic heterocycles. The van der Waals surface area contributed by atoms with E-state index in [4.69, 9.17) is 5.11 Å². The average Bonchev–Trinajstić information content (AvgIpc) is 2.94. The first-order valence-electron chi connectivity index (χ1n) is 9.16. The van der Waals surface area contributed by atoms with E-state index in [1.54, 1.807) is 0 Å². The average molecular weight is 417 g/mol. The van der Waals surface area contributed by atoms with Gasteiger partial charge in [0.25, 0.3) is 5.56 Å². The standard InChI is InChI=1S/C21H24N2O3S2/c1-12-16(13-7-9-14(10-8-13)21(2,3)4)17-18(26)22-20(23-19(17)28-12)27-11-5-6-15(24)25/h7-10H,5-6,11H2,1-4H3,(H,24,25)(H,22,23,26).